The van der Waals surface area contributed by atoms with Gasteiger partial charge in [0.2, 0.25) is 11.2 Å². The Morgan fingerprint density at radius 3 is 2.11 bits per heavy atom. The predicted octanol–water partition coefficient (Wildman–Crippen LogP) is 5.39. The summed E-state index contributed by atoms with van der Waals surface area (Å²) in [6, 6.07) is 15.3. The summed E-state index contributed by atoms with van der Waals surface area (Å²) in [4.78, 5) is 37.5. The highest BCUT2D eigenvalue weighted by molar-refractivity contribution is 5.92. The van der Waals surface area contributed by atoms with Gasteiger partial charge in [-0.05, 0) is 55.0 Å². The molecule has 0 aliphatic rings. The largest absolute Gasteiger partial charge is 0.497 e. The van der Waals surface area contributed by atoms with E-state index in [9.17, 15) is 14.4 Å². The maximum Gasteiger partial charge on any atom is 0.343 e. The van der Waals surface area contributed by atoms with Gasteiger partial charge in [0, 0.05) is 12.1 Å². The molecule has 9 heteroatoms. The van der Waals surface area contributed by atoms with Gasteiger partial charge in [0.15, 0.2) is 0 Å². The third-order valence-electron chi connectivity index (χ3n) is 5.27. The van der Waals surface area contributed by atoms with Gasteiger partial charge in [0.25, 0.3) is 0 Å². The van der Waals surface area contributed by atoms with Crippen molar-refractivity contribution in [1.82, 2.24) is 0 Å². The number of methoxy groups -OCH3 is 2. The molecule has 0 fully saturated rings. The molecule has 0 unspecified atom stereocenters. The zero-order valence-corrected chi connectivity index (χ0v) is 20.4. The Hall–Kier alpha value is -4.79. The van der Waals surface area contributed by atoms with E-state index in [0.29, 0.717) is 29.4 Å². The van der Waals surface area contributed by atoms with Crippen LogP contribution >= 0.6 is 0 Å². The number of rotatable bonds is 9. The third kappa shape index (κ3) is 5.90. The molecule has 0 spiro atoms. The average molecular weight is 504 g/mol. The third-order valence-corrected chi connectivity index (χ3v) is 5.27. The molecule has 37 heavy (non-hydrogen) atoms. The van der Waals surface area contributed by atoms with Gasteiger partial charge in [-0.2, -0.15) is 0 Å². The number of carbonyl (C=O) groups is 2. The minimum Gasteiger partial charge on any atom is -0.497 e. The molecule has 1 aromatic heterocycles. The Labute approximate surface area is 212 Å². The predicted molar refractivity (Wildman–Crippen MR) is 134 cm³/mol. The van der Waals surface area contributed by atoms with Gasteiger partial charge in [0.05, 0.1) is 37.3 Å². The number of esters is 2. The molecule has 0 bridgehead atoms. The van der Waals surface area contributed by atoms with Crippen molar-refractivity contribution in [3.05, 3.63) is 88.3 Å². The minimum atomic E-state index is -0.638. The van der Waals surface area contributed by atoms with Crippen LogP contribution in [0, 0.1) is 0 Å². The Morgan fingerprint density at radius 1 is 0.784 bits per heavy atom. The van der Waals surface area contributed by atoms with Gasteiger partial charge < -0.3 is 28.1 Å². The lowest BCUT2D eigenvalue weighted by atomic mass is 10.2. The highest BCUT2D eigenvalue weighted by Crippen LogP contribution is 2.27. The van der Waals surface area contributed by atoms with Gasteiger partial charge in [-0.1, -0.05) is 6.92 Å². The summed E-state index contributed by atoms with van der Waals surface area (Å²) >= 11 is 0. The van der Waals surface area contributed by atoms with Crippen LogP contribution in [0.15, 0.2) is 76.1 Å². The second-order valence-electron chi connectivity index (χ2n) is 7.84. The lowest BCUT2D eigenvalue weighted by Gasteiger charge is -2.09. The molecule has 0 saturated carbocycles. The van der Waals surface area contributed by atoms with Crippen LogP contribution in [0.25, 0.3) is 11.0 Å². The van der Waals surface area contributed by atoms with Crippen molar-refractivity contribution in [3.8, 4) is 28.7 Å². The van der Waals surface area contributed by atoms with Crippen LogP contribution in [0.3, 0.4) is 0 Å². The van der Waals surface area contributed by atoms with E-state index in [1.54, 1.807) is 30.3 Å². The lowest BCUT2D eigenvalue weighted by Crippen LogP contribution is -2.10. The number of fused-ring (bicyclic) bond motifs is 1. The normalized spacial score (nSPS) is 10.6. The number of hydrogen-bond donors (Lipinski definition) is 0. The van der Waals surface area contributed by atoms with Crippen molar-refractivity contribution < 1.29 is 37.7 Å². The summed E-state index contributed by atoms with van der Waals surface area (Å²) < 4.78 is 32.1. The van der Waals surface area contributed by atoms with Crippen molar-refractivity contribution in [2.75, 3.05) is 20.8 Å². The van der Waals surface area contributed by atoms with Gasteiger partial charge in [0.1, 0.15) is 34.8 Å². The summed E-state index contributed by atoms with van der Waals surface area (Å²) in [5.74, 6) is 0.298. The van der Waals surface area contributed by atoms with Gasteiger partial charge in [-0.15, -0.1) is 0 Å². The maximum absolute atomic E-state index is 12.9. The fraction of sp³-hybridized carbons (Fsp3) is 0.179. The minimum absolute atomic E-state index is 0.0398. The number of carbonyl (C=O) groups excluding carboxylic acids is 2. The Bertz CT molecular complexity index is 1460. The summed E-state index contributed by atoms with van der Waals surface area (Å²) in [6.45, 7) is 2.25. The Balaban J connectivity index is 1.50. The van der Waals surface area contributed by atoms with E-state index in [1.165, 1.54) is 50.8 Å². The molecule has 0 N–H and O–H groups in total. The molecule has 190 valence electrons. The van der Waals surface area contributed by atoms with Crippen LogP contribution in [0.4, 0.5) is 0 Å². The number of benzene rings is 3. The smallest absolute Gasteiger partial charge is 0.343 e. The summed E-state index contributed by atoms with van der Waals surface area (Å²) in [6.07, 6.45) is 1.90. The first-order chi connectivity index (χ1) is 17.9. The zero-order chi connectivity index (χ0) is 26.4. The van der Waals surface area contributed by atoms with Gasteiger partial charge >= 0.3 is 11.9 Å². The van der Waals surface area contributed by atoms with Gasteiger partial charge in [-0.3, -0.25) is 4.79 Å². The average Bonchev–Trinajstić information content (AvgIpc) is 2.93. The number of hydrogen-bond acceptors (Lipinski definition) is 9. The monoisotopic (exact) mass is 504 g/mol. The molecule has 0 amide bonds. The highest BCUT2D eigenvalue weighted by atomic mass is 16.5. The first-order valence-electron chi connectivity index (χ1n) is 11.4. The van der Waals surface area contributed by atoms with Crippen molar-refractivity contribution >= 4 is 22.9 Å². The first-order valence-corrected chi connectivity index (χ1v) is 11.4. The quantitative estimate of drug-likeness (QED) is 0.219. The van der Waals surface area contributed by atoms with Crippen molar-refractivity contribution in [2.24, 2.45) is 0 Å². The molecule has 0 atom stereocenters. The molecule has 0 aliphatic heterocycles. The zero-order valence-electron chi connectivity index (χ0n) is 20.4. The SMILES string of the molecule is CCCOC(=O)c1ccc(Oc2coc3cc(OC(=O)c4cc(OC)cc(OC)c4)ccc3c2=O)cc1. The maximum atomic E-state index is 12.9. The second-order valence-corrected chi connectivity index (χ2v) is 7.84. The van der Waals surface area contributed by atoms with Gasteiger partial charge in [-0.25, -0.2) is 9.59 Å². The Morgan fingerprint density at radius 2 is 1.46 bits per heavy atom. The van der Waals surface area contributed by atoms with E-state index in [0.717, 1.165) is 6.42 Å². The molecule has 0 saturated heterocycles. The molecular weight excluding hydrogens is 480 g/mol. The topological polar surface area (TPSA) is 110 Å². The lowest BCUT2D eigenvalue weighted by molar-refractivity contribution is 0.0504. The molecule has 4 aromatic rings. The van der Waals surface area contributed by atoms with E-state index in [-0.39, 0.29) is 28.0 Å². The van der Waals surface area contributed by atoms with Crippen LogP contribution in [0.2, 0.25) is 0 Å². The van der Waals surface area contributed by atoms with Crippen molar-refractivity contribution in [2.45, 2.75) is 13.3 Å². The standard InChI is InChI=1S/C28H24O9/c1-4-11-34-27(30)17-5-7-19(8-6-17)36-25-16-35-24-15-20(9-10-23(24)26(25)29)37-28(31)18-12-21(32-2)14-22(13-18)33-3/h5-10,12-16H,4,11H2,1-3H3. The van der Waals surface area contributed by atoms with Crippen LogP contribution in [0.1, 0.15) is 34.1 Å². The van der Waals surface area contributed by atoms with Crippen LogP contribution in [0.5, 0.6) is 28.7 Å². The van der Waals surface area contributed by atoms with E-state index < -0.39 is 17.4 Å². The fourth-order valence-corrected chi connectivity index (χ4v) is 3.38. The van der Waals surface area contributed by atoms with E-state index in [4.69, 9.17) is 28.1 Å². The van der Waals surface area contributed by atoms with E-state index >= 15 is 0 Å². The van der Waals surface area contributed by atoms with Crippen molar-refractivity contribution in [3.63, 3.8) is 0 Å². The van der Waals surface area contributed by atoms with Crippen LogP contribution in [-0.4, -0.2) is 32.8 Å². The number of ether oxygens (including phenoxy) is 5. The van der Waals surface area contributed by atoms with E-state index in [2.05, 4.69) is 0 Å². The Kier molecular flexibility index (Phi) is 7.73. The molecule has 0 radical (unpaired) electrons. The fourth-order valence-electron chi connectivity index (χ4n) is 3.38. The molecule has 4 rings (SSSR count). The van der Waals surface area contributed by atoms with E-state index in [1.807, 2.05) is 6.92 Å². The first kappa shape index (κ1) is 25.3. The molecular formula is C28H24O9. The summed E-state index contributed by atoms with van der Waals surface area (Å²) in [7, 11) is 2.96. The van der Waals surface area contributed by atoms with Crippen LogP contribution in [-0.2, 0) is 4.74 Å². The van der Waals surface area contributed by atoms with Crippen LogP contribution < -0.4 is 24.4 Å². The van der Waals surface area contributed by atoms with Crippen molar-refractivity contribution in [1.29, 1.82) is 0 Å². The molecule has 0 aliphatic carbocycles. The summed E-state index contributed by atoms with van der Waals surface area (Å²) in [5.41, 5.74) is 0.398. The summed E-state index contributed by atoms with van der Waals surface area (Å²) in [5, 5.41) is 0.236. The molecule has 3 aromatic carbocycles. The highest BCUT2D eigenvalue weighted by Gasteiger charge is 2.15. The second kappa shape index (κ2) is 11.3. The molecule has 9 nitrogen and oxygen atoms in total. The molecule has 1 heterocycles.